The predicted octanol–water partition coefficient (Wildman–Crippen LogP) is 8.31. The van der Waals surface area contributed by atoms with Crippen LogP contribution in [0.25, 0.3) is 0 Å². The lowest BCUT2D eigenvalue weighted by atomic mass is 9.70. The Morgan fingerprint density at radius 3 is 1.75 bits per heavy atom. The van der Waals surface area contributed by atoms with Gasteiger partial charge in [-0.3, -0.25) is 4.79 Å². The van der Waals surface area contributed by atoms with Crippen molar-refractivity contribution in [2.24, 2.45) is 16.7 Å². The Balaban J connectivity index is 1.79. The summed E-state index contributed by atoms with van der Waals surface area (Å²) in [6.45, 7) is 10.6. The number of carbonyl (C=O) groups excluding carboxylic acids is 1. The lowest BCUT2D eigenvalue weighted by molar-refractivity contribution is -0.128. The van der Waals surface area contributed by atoms with Crippen molar-refractivity contribution in [1.82, 2.24) is 0 Å². The third kappa shape index (κ3) is 4.56. The molecule has 3 aromatic carbocycles. The maximum atomic E-state index is 14.5. The van der Waals surface area contributed by atoms with Gasteiger partial charge in [-0.25, -0.2) is 3.63 Å². The van der Waals surface area contributed by atoms with Crippen molar-refractivity contribution in [2.75, 3.05) is 5.75 Å². The van der Waals surface area contributed by atoms with Gasteiger partial charge < -0.3 is 0 Å². The highest BCUT2D eigenvalue weighted by Crippen LogP contribution is 2.72. The van der Waals surface area contributed by atoms with E-state index in [2.05, 4.69) is 46.8 Å². The minimum Gasteiger partial charge on any atom is -0.299 e. The molecule has 0 heterocycles. The molecule has 0 amide bonds. The quantitative estimate of drug-likeness (QED) is 0.243. The first-order chi connectivity index (χ1) is 19.0. The van der Waals surface area contributed by atoms with Crippen LogP contribution in [0.15, 0.2) is 87.5 Å². The van der Waals surface area contributed by atoms with E-state index in [0.29, 0.717) is 12.8 Å². The normalized spacial score (nSPS) is 22.5. The zero-order valence-electron chi connectivity index (χ0n) is 24.4. The number of Topliss-reactive ketones (excluding diaryl/α,β-unsaturated/α-hetero) is 1. The molecule has 4 nitrogen and oxygen atoms in total. The van der Waals surface area contributed by atoms with Crippen LogP contribution in [0.1, 0.15) is 70.6 Å². The molecule has 2 atom stereocenters. The van der Waals surface area contributed by atoms with Crippen molar-refractivity contribution < 1.29 is 16.8 Å². The van der Waals surface area contributed by atoms with Crippen LogP contribution in [-0.4, -0.2) is 20.0 Å². The van der Waals surface area contributed by atoms with Crippen LogP contribution >= 0.6 is 10.3 Å². The van der Waals surface area contributed by atoms with E-state index in [-0.39, 0.29) is 22.9 Å². The highest BCUT2D eigenvalue weighted by atomic mass is 32.3. The highest BCUT2D eigenvalue weighted by Gasteiger charge is 2.66. The molecule has 3 aromatic rings. The van der Waals surface area contributed by atoms with E-state index >= 15 is 0 Å². The first-order valence-corrected chi connectivity index (χ1v) is 17.7. The van der Waals surface area contributed by atoms with Gasteiger partial charge in [-0.2, -0.15) is 8.42 Å². The third-order valence-electron chi connectivity index (χ3n) is 9.68. The maximum absolute atomic E-state index is 14.5. The number of rotatable bonds is 10. The second kappa shape index (κ2) is 10.8. The van der Waals surface area contributed by atoms with Gasteiger partial charge in [0, 0.05) is 21.1 Å². The highest BCUT2D eigenvalue weighted by molar-refractivity contribution is 8.33. The van der Waals surface area contributed by atoms with Crippen LogP contribution in [0.2, 0.25) is 0 Å². The zero-order valence-corrected chi connectivity index (χ0v) is 26.0. The molecule has 0 N–H and O–H groups in total. The van der Waals surface area contributed by atoms with Crippen LogP contribution in [0.5, 0.6) is 0 Å². The van der Waals surface area contributed by atoms with Crippen molar-refractivity contribution >= 4 is 26.2 Å². The SMILES string of the molecule is CCc1cc(CC)c(S(OS(=O)(=O)CC23CCC(CC2=O)C3(C)C)(c2ccccc2)c2ccccc2)c(CC)c1. The maximum Gasteiger partial charge on any atom is 0.278 e. The van der Waals surface area contributed by atoms with E-state index in [0.717, 1.165) is 51.5 Å². The van der Waals surface area contributed by atoms with Gasteiger partial charge in [0.15, 0.2) is 0 Å². The van der Waals surface area contributed by atoms with Gasteiger partial charge >= 0.3 is 0 Å². The van der Waals surface area contributed by atoms with Crippen molar-refractivity contribution in [3.8, 4) is 0 Å². The van der Waals surface area contributed by atoms with E-state index in [1.54, 1.807) is 0 Å². The minimum atomic E-state index is -4.16. The smallest absolute Gasteiger partial charge is 0.278 e. The van der Waals surface area contributed by atoms with Gasteiger partial charge in [-0.1, -0.05) is 83.1 Å². The molecule has 2 aliphatic carbocycles. The predicted molar refractivity (Wildman–Crippen MR) is 163 cm³/mol. The second-order valence-corrected chi connectivity index (χ2v) is 16.3. The molecule has 2 bridgehead atoms. The first-order valence-electron chi connectivity index (χ1n) is 14.6. The third-order valence-corrected chi connectivity index (χ3v) is 15.1. The molecule has 0 saturated heterocycles. The van der Waals surface area contributed by atoms with Crippen molar-refractivity contribution in [3.63, 3.8) is 0 Å². The van der Waals surface area contributed by atoms with E-state index in [9.17, 15) is 13.2 Å². The topological polar surface area (TPSA) is 60.4 Å². The Kier molecular flexibility index (Phi) is 7.84. The number of benzene rings is 3. The summed E-state index contributed by atoms with van der Waals surface area (Å²) >= 11 is 0. The summed E-state index contributed by atoms with van der Waals surface area (Å²) in [5, 5.41) is 0. The average Bonchev–Trinajstić information content (AvgIpc) is 3.30. The molecule has 0 aliphatic heterocycles. The molecule has 2 fully saturated rings. The molecule has 0 spiro atoms. The zero-order chi connectivity index (χ0) is 28.8. The Bertz CT molecular complexity index is 1430. The molecule has 0 aromatic heterocycles. The largest absolute Gasteiger partial charge is 0.299 e. The lowest BCUT2D eigenvalue weighted by Crippen LogP contribution is -2.42. The molecule has 5 rings (SSSR count). The van der Waals surface area contributed by atoms with Gasteiger partial charge in [0.2, 0.25) is 0 Å². The van der Waals surface area contributed by atoms with E-state index in [1.165, 1.54) is 5.56 Å². The van der Waals surface area contributed by atoms with E-state index in [1.807, 2.05) is 60.7 Å². The Morgan fingerprint density at radius 2 is 1.35 bits per heavy atom. The number of hydrogen-bond acceptors (Lipinski definition) is 4. The first kappa shape index (κ1) is 29.1. The Hall–Kier alpha value is -2.41. The number of hydrogen-bond donors (Lipinski definition) is 0. The second-order valence-electron chi connectivity index (χ2n) is 11.9. The van der Waals surface area contributed by atoms with Gasteiger partial charge in [0.25, 0.3) is 10.1 Å². The molecule has 214 valence electrons. The molecule has 40 heavy (non-hydrogen) atoms. The fraction of sp³-hybridized carbons (Fsp3) is 0.441. The fourth-order valence-electron chi connectivity index (χ4n) is 7.22. The van der Waals surface area contributed by atoms with Crippen molar-refractivity contribution in [2.45, 2.75) is 87.8 Å². The molecular formula is C34H42O4S2. The average molecular weight is 579 g/mol. The molecule has 0 radical (unpaired) electrons. The monoisotopic (exact) mass is 578 g/mol. The van der Waals surface area contributed by atoms with Gasteiger partial charge in [0.05, 0.1) is 11.2 Å². The summed E-state index contributed by atoms with van der Waals surface area (Å²) in [6, 6.07) is 24.2. The van der Waals surface area contributed by atoms with Crippen LogP contribution in [-0.2, 0) is 37.8 Å². The summed E-state index contributed by atoms with van der Waals surface area (Å²) in [5.74, 6) is 0.0412. The number of fused-ring (bicyclic) bond motifs is 2. The lowest BCUT2D eigenvalue weighted by Gasteiger charge is -2.43. The van der Waals surface area contributed by atoms with E-state index < -0.39 is 25.8 Å². The number of aryl methyl sites for hydroxylation is 3. The summed E-state index contributed by atoms with van der Waals surface area (Å²) < 4.78 is 35.8. The van der Waals surface area contributed by atoms with Crippen LogP contribution in [0.3, 0.4) is 0 Å². The molecular weight excluding hydrogens is 537 g/mol. The van der Waals surface area contributed by atoms with Crippen molar-refractivity contribution in [3.05, 3.63) is 89.5 Å². The summed E-state index contributed by atoms with van der Waals surface area (Å²) in [5.41, 5.74) is 2.20. The molecule has 2 saturated carbocycles. The number of ketones is 1. The summed E-state index contributed by atoms with van der Waals surface area (Å²) in [4.78, 5) is 16.1. The Morgan fingerprint density at radius 1 is 0.825 bits per heavy atom. The molecule has 2 unspecified atom stereocenters. The minimum absolute atomic E-state index is 0.0803. The van der Waals surface area contributed by atoms with Crippen LogP contribution < -0.4 is 0 Å². The summed E-state index contributed by atoms with van der Waals surface area (Å²) in [6.07, 6.45) is 4.38. The van der Waals surface area contributed by atoms with Crippen LogP contribution in [0, 0.1) is 16.7 Å². The standard InChI is InChI=1S/C34H42O4S2/c1-6-25-21-26(7-2)32(27(8-3)22-25)40(29-15-11-9-12-16-29,30-17-13-10-14-18-30)38-39(36,37)24-34-20-19-28(23-31(34)35)33(34,4)5/h9-18,21-22,28H,6-8,19-20,23-24H2,1-5H3. The Labute approximate surface area is 242 Å². The van der Waals surface area contributed by atoms with Crippen LogP contribution in [0.4, 0.5) is 0 Å². The fourth-order valence-corrected chi connectivity index (χ4v) is 13.8. The molecule has 2 aliphatic rings. The van der Waals surface area contributed by atoms with Gasteiger partial charge in [0.1, 0.15) is 5.78 Å². The van der Waals surface area contributed by atoms with E-state index in [4.69, 9.17) is 3.63 Å². The van der Waals surface area contributed by atoms with Gasteiger partial charge in [-0.15, -0.1) is 0 Å². The summed E-state index contributed by atoms with van der Waals surface area (Å²) in [7, 11) is -6.88. The molecule has 6 heteroatoms. The van der Waals surface area contributed by atoms with Crippen molar-refractivity contribution in [1.29, 1.82) is 0 Å². The van der Waals surface area contributed by atoms with Gasteiger partial charge in [-0.05, 0) is 94.7 Å². The number of carbonyl (C=O) groups is 1.